The smallest absolute Gasteiger partial charge is 0.275 e. The van der Waals surface area contributed by atoms with Crippen molar-refractivity contribution in [2.24, 2.45) is 0 Å². The largest absolute Gasteiger partial charge is 0.385 e. The van der Waals surface area contributed by atoms with Crippen LogP contribution in [-0.2, 0) is 9.47 Å². The Morgan fingerprint density at radius 3 is 2.71 bits per heavy atom. The summed E-state index contributed by atoms with van der Waals surface area (Å²) >= 11 is 0. The lowest BCUT2D eigenvalue weighted by molar-refractivity contribution is 0.0670. The monoisotopic (exact) mass is 291 g/mol. The number of nitrogens with one attached hydrogen (secondary N) is 1. The maximum absolute atomic E-state index is 12.7. The standard InChI is InChI=1S/C15H21N3O3/c1-20-10-5-8-18(9-11-21-2)15(19)14-12-6-3-4-7-13(12)16-17-14/h3-4,6-7H,5,8-11H2,1-2H3,(H,16,17). The van der Waals surface area contributed by atoms with Crippen molar-refractivity contribution in [1.29, 1.82) is 0 Å². The third kappa shape index (κ3) is 3.80. The molecule has 0 aliphatic rings. The van der Waals surface area contributed by atoms with Gasteiger partial charge in [-0.2, -0.15) is 5.10 Å². The van der Waals surface area contributed by atoms with Crippen LogP contribution in [0.4, 0.5) is 0 Å². The van der Waals surface area contributed by atoms with Crippen LogP contribution in [0.2, 0.25) is 0 Å². The number of hydrogen-bond donors (Lipinski definition) is 1. The van der Waals surface area contributed by atoms with E-state index in [9.17, 15) is 4.79 Å². The van der Waals surface area contributed by atoms with Crippen LogP contribution in [0.15, 0.2) is 24.3 Å². The van der Waals surface area contributed by atoms with Crippen LogP contribution < -0.4 is 0 Å². The number of rotatable bonds is 8. The Balaban J connectivity index is 2.15. The number of ether oxygens (including phenoxy) is 2. The summed E-state index contributed by atoms with van der Waals surface area (Å²) in [6.45, 7) is 2.29. The molecule has 114 valence electrons. The van der Waals surface area contributed by atoms with Crippen molar-refractivity contribution in [1.82, 2.24) is 15.1 Å². The zero-order chi connectivity index (χ0) is 15.1. The van der Waals surface area contributed by atoms with E-state index in [0.717, 1.165) is 17.3 Å². The predicted octanol–water partition coefficient (Wildman–Crippen LogP) is 1.69. The lowest BCUT2D eigenvalue weighted by Crippen LogP contribution is -2.35. The Hall–Kier alpha value is -1.92. The molecule has 0 aliphatic heterocycles. The number of methoxy groups -OCH3 is 2. The van der Waals surface area contributed by atoms with Gasteiger partial charge in [0, 0.05) is 39.3 Å². The van der Waals surface area contributed by atoms with Gasteiger partial charge in [-0.3, -0.25) is 9.89 Å². The summed E-state index contributed by atoms with van der Waals surface area (Å²) in [5.74, 6) is -0.0828. The average Bonchev–Trinajstić information content (AvgIpc) is 2.94. The van der Waals surface area contributed by atoms with E-state index in [1.165, 1.54) is 0 Å². The number of para-hydroxylation sites is 1. The summed E-state index contributed by atoms with van der Waals surface area (Å²) in [6, 6.07) is 7.62. The first kappa shape index (κ1) is 15.5. The van der Waals surface area contributed by atoms with Gasteiger partial charge in [0.2, 0.25) is 0 Å². The Morgan fingerprint density at radius 2 is 1.95 bits per heavy atom. The topological polar surface area (TPSA) is 67.5 Å². The molecule has 0 saturated carbocycles. The van der Waals surface area contributed by atoms with Crippen LogP contribution in [0.25, 0.3) is 10.9 Å². The van der Waals surface area contributed by atoms with Crippen molar-refractivity contribution in [3.63, 3.8) is 0 Å². The molecule has 1 N–H and O–H groups in total. The summed E-state index contributed by atoms with van der Waals surface area (Å²) in [6.07, 6.45) is 0.786. The van der Waals surface area contributed by atoms with Crippen molar-refractivity contribution in [2.75, 3.05) is 40.5 Å². The minimum Gasteiger partial charge on any atom is -0.385 e. The molecule has 0 atom stereocenters. The fourth-order valence-corrected chi connectivity index (χ4v) is 2.19. The highest BCUT2D eigenvalue weighted by Gasteiger charge is 2.20. The van der Waals surface area contributed by atoms with Crippen molar-refractivity contribution < 1.29 is 14.3 Å². The van der Waals surface area contributed by atoms with Gasteiger partial charge >= 0.3 is 0 Å². The van der Waals surface area contributed by atoms with E-state index >= 15 is 0 Å². The number of amides is 1. The molecular weight excluding hydrogens is 270 g/mol. The number of carbonyl (C=O) groups excluding carboxylic acids is 1. The Labute approximate surface area is 124 Å². The molecule has 1 aromatic heterocycles. The Morgan fingerprint density at radius 1 is 1.19 bits per heavy atom. The van der Waals surface area contributed by atoms with Crippen molar-refractivity contribution in [2.45, 2.75) is 6.42 Å². The maximum atomic E-state index is 12.7. The number of aromatic amines is 1. The van der Waals surface area contributed by atoms with Crippen molar-refractivity contribution in [3.05, 3.63) is 30.0 Å². The third-order valence-corrected chi connectivity index (χ3v) is 3.30. The number of carbonyl (C=O) groups is 1. The van der Waals surface area contributed by atoms with Gasteiger partial charge in [0.25, 0.3) is 5.91 Å². The Bertz CT molecular complexity index is 582. The highest BCUT2D eigenvalue weighted by molar-refractivity contribution is 6.04. The van der Waals surface area contributed by atoms with E-state index in [-0.39, 0.29) is 5.91 Å². The second-order valence-electron chi connectivity index (χ2n) is 4.75. The quantitative estimate of drug-likeness (QED) is 0.752. The molecule has 21 heavy (non-hydrogen) atoms. The second-order valence-corrected chi connectivity index (χ2v) is 4.75. The predicted molar refractivity (Wildman–Crippen MR) is 80.4 cm³/mol. The molecule has 0 fully saturated rings. The van der Waals surface area contributed by atoms with Crippen LogP contribution in [0, 0.1) is 0 Å². The molecule has 0 unspecified atom stereocenters. The fraction of sp³-hybridized carbons (Fsp3) is 0.467. The van der Waals surface area contributed by atoms with Gasteiger partial charge < -0.3 is 14.4 Å². The van der Waals surface area contributed by atoms with E-state index in [0.29, 0.717) is 32.0 Å². The van der Waals surface area contributed by atoms with Gasteiger partial charge in [0.1, 0.15) is 0 Å². The van der Waals surface area contributed by atoms with E-state index in [4.69, 9.17) is 9.47 Å². The first-order valence-electron chi connectivity index (χ1n) is 6.98. The number of hydrogen-bond acceptors (Lipinski definition) is 4. The Kier molecular flexibility index (Phi) is 5.71. The lowest BCUT2D eigenvalue weighted by Gasteiger charge is -2.21. The summed E-state index contributed by atoms with van der Waals surface area (Å²) in [5.41, 5.74) is 1.32. The molecule has 2 rings (SSSR count). The summed E-state index contributed by atoms with van der Waals surface area (Å²) in [7, 11) is 3.28. The molecule has 1 amide bonds. The second kappa shape index (κ2) is 7.75. The van der Waals surface area contributed by atoms with Crippen LogP contribution in [-0.4, -0.2) is 61.5 Å². The zero-order valence-corrected chi connectivity index (χ0v) is 12.5. The van der Waals surface area contributed by atoms with Crippen molar-refractivity contribution in [3.8, 4) is 0 Å². The van der Waals surface area contributed by atoms with Crippen molar-refractivity contribution >= 4 is 16.8 Å². The van der Waals surface area contributed by atoms with Gasteiger partial charge in [-0.15, -0.1) is 0 Å². The molecule has 1 heterocycles. The SMILES string of the molecule is COCCCN(CCOC)C(=O)c1n[nH]c2ccccc12. The van der Waals surface area contributed by atoms with Gasteiger partial charge in [-0.1, -0.05) is 18.2 Å². The molecule has 1 aromatic carbocycles. The van der Waals surface area contributed by atoms with E-state index < -0.39 is 0 Å². The molecule has 0 aliphatic carbocycles. The highest BCUT2D eigenvalue weighted by Crippen LogP contribution is 2.17. The van der Waals surface area contributed by atoms with Crippen LogP contribution in [0.3, 0.4) is 0 Å². The minimum atomic E-state index is -0.0828. The number of benzene rings is 1. The van der Waals surface area contributed by atoms with Crippen LogP contribution in [0.1, 0.15) is 16.9 Å². The normalized spacial score (nSPS) is 11.0. The van der Waals surface area contributed by atoms with E-state index in [1.54, 1.807) is 19.1 Å². The van der Waals surface area contributed by atoms with Crippen LogP contribution in [0.5, 0.6) is 0 Å². The number of H-pyrrole nitrogens is 1. The van der Waals surface area contributed by atoms with E-state index in [2.05, 4.69) is 10.2 Å². The lowest BCUT2D eigenvalue weighted by atomic mass is 10.2. The molecule has 2 aromatic rings. The number of nitrogens with zero attached hydrogens (tertiary/aromatic N) is 2. The first-order valence-corrected chi connectivity index (χ1v) is 6.98. The summed E-state index contributed by atoms with van der Waals surface area (Å²) in [4.78, 5) is 14.4. The molecule has 0 radical (unpaired) electrons. The number of aromatic nitrogens is 2. The molecule has 0 bridgehead atoms. The van der Waals surface area contributed by atoms with Gasteiger partial charge in [-0.05, 0) is 12.5 Å². The zero-order valence-electron chi connectivity index (χ0n) is 12.5. The van der Waals surface area contributed by atoms with Gasteiger partial charge in [-0.25, -0.2) is 0 Å². The maximum Gasteiger partial charge on any atom is 0.275 e. The summed E-state index contributed by atoms with van der Waals surface area (Å²) in [5, 5.41) is 7.90. The van der Waals surface area contributed by atoms with Gasteiger partial charge in [0.05, 0.1) is 12.1 Å². The van der Waals surface area contributed by atoms with Crippen LogP contribution >= 0.6 is 0 Å². The summed E-state index contributed by atoms with van der Waals surface area (Å²) < 4.78 is 10.1. The van der Waals surface area contributed by atoms with E-state index in [1.807, 2.05) is 24.3 Å². The third-order valence-electron chi connectivity index (χ3n) is 3.30. The molecule has 0 spiro atoms. The molecule has 6 nitrogen and oxygen atoms in total. The first-order chi connectivity index (χ1) is 10.3. The average molecular weight is 291 g/mol. The highest BCUT2D eigenvalue weighted by atomic mass is 16.5. The number of fused-ring (bicyclic) bond motifs is 1. The molecule has 0 saturated heterocycles. The van der Waals surface area contributed by atoms with Gasteiger partial charge in [0.15, 0.2) is 5.69 Å². The fourth-order valence-electron chi connectivity index (χ4n) is 2.19. The molecular formula is C15H21N3O3. The minimum absolute atomic E-state index is 0.0828. The molecule has 6 heteroatoms.